The molecule has 0 saturated carbocycles. The summed E-state index contributed by atoms with van der Waals surface area (Å²) in [5.41, 5.74) is 1.18. The van der Waals surface area contributed by atoms with Crippen molar-refractivity contribution in [3.8, 4) is 0 Å². The standard InChI is InChI=1S/C10H14N4OS/c1-5-6-11-8-7(12(6)2)9(15)14(4)10(16)13(8)3/h5H2,1-4H3. The molecule has 0 saturated heterocycles. The van der Waals surface area contributed by atoms with Crippen LogP contribution in [0.5, 0.6) is 0 Å². The van der Waals surface area contributed by atoms with Gasteiger partial charge in [-0.05, 0) is 12.2 Å². The van der Waals surface area contributed by atoms with Crippen molar-refractivity contribution in [2.24, 2.45) is 21.1 Å². The maximum Gasteiger partial charge on any atom is 0.280 e. The Labute approximate surface area is 98.0 Å². The molecule has 2 rings (SSSR count). The van der Waals surface area contributed by atoms with Crippen molar-refractivity contribution >= 4 is 23.4 Å². The molecule has 0 fully saturated rings. The minimum Gasteiger partial charge on any atom is -0.325 e. The highest BCUT2D eigenvalue weighted by Crippen LogP contribution is 2.11. The molecule has 2 aromatic rings. The minimum atomic E-state index is -0.0900. The molecule has 0 N–H and O–H groups in total. The van der Waals surface area contributed by atoms with E-state index in [4.69, 9.17) is 12.2 Å². The third kappa shape index (κ3) is 1.26. The van der Waals surface area contributed by atoms with Crippen LogP contribution in [0, 0.1) is 4.77 Å². The molecular formula is C10H14N4OS. The molecule has 0 spiro atoms. The molecule has 0 aliphatic rings. The van der Waals surface area contributed by atoms with E-state index in [9.17, 15) is 4.79 Å². The number of aryl methyl sites for hydroxylation is 3. The van der Waals surface area contributed by atoms with Crippen LogP contribution in [0.4, 0.5) is 0 Å². The molecule has 0 aromatic carbocycles. The Morgan fingerprint density at radius 1 is 1.19 bits per heavy atom. The second-order valence-corrected chi connectivity index (χ2v) is 4.18. The van der Waals surface area contributed by atoms with Gasteiger partial charge >= 0.3 is 0 Å². The number of fused-ring (bicyclic) bond motifs is 1. The maximum atomic E-state index is 12.1. The van der Waals surface area contributed by atoms with E-state index in [-0.39, 0.29) is 5.56 Å². The summed E-state index contributed by atoms with van der Waals surface area (Å²) in [4.78, 5) is 16.5. The van der Waals surface area contributed by atoms with Gasteiger partial charge in [-0.1, -0.05) is 6.92 Å². The summed E-state index contributed by atoms with van der Waals surface area (Å²) in [7, 11) is 5.37. The van der Waals surface area contributed by atoms with Gasteiger partial charge in [0, 0.05) is 27.6 Å². The van der Waals surface area contributed by atoms with Crippen LogP contribution in [0.3, 0.4) is 0 Å². The molecule has 0 bridgehead atoms. The molecule has 86 valence electrons. The molecule has 5 nitrogen and oxygen atoms in total. The van der Waals surface area contributed by atoms with Crippen LogP contribution in [0.25, 0.3) is 11.2 Å². The topological polar surface area (TPSA) is 44.8 Å². The number of hydrogen-bond donors (Lipinski definition) is 0. The third-order valence-corrected chi connectivity index (χ3v) is 3.43. The molecule has 0 radical (unpaired) electrons. The number of aromatic nitrogens is 4. The molecule has 16 heavy (non-hydrogen) atoms. The van der Waals surface area contributed by atoms with Crippen molar-refractivity contribution in [3.63, 3.8) is 0 Å². The van der Waals surface area contributed by atoms with Crippen LogP contribution in [-0.4, -0.2) is 18.7 Å². The lowest BCUT2D eigenvalue weighted by Crippen LogP contribution is -2.23. The lowest BCUT2D eigenvalue weighted by atomic mass is 10.4. The van der Waals surface area contributed by atoms with Gasteiger partial charge < -0.3 is 9.13 Å². The number of nitrogens with zero attached hydrogens (tertiary/aromatic N) is 4. The lowest BCUT2D eigenvalue weighted by molar-refractivity contribution is 0.737. The second kappa shape index (κ2) is 3.55. The average molecular weight is 238 g/mol. The molecule has 0 aliphatic carbocycles. The molecule has 2 heterocycles. The summed E-state index contributed by atoms with van der Waals surface area (Å²) < 4.78 is 5.56. The average Bonchev–Trinajstić information content (AvgIpc) is 2.61. The van der Waals surface area contributed by atoms with E-state index in [0.29, 0.717) is 15.9 Å². The second-order valence-electron chi connectivity index (χ2n) is 3.82. The normalized spacial score (nSPS) is 11.2. The van der Waals surface area contributed by atoms with E-state index >= 15 is 0 Å². The lowest BCUT2D eigenvalue weighted by Gasteiger charge is -2.05. The van der Waals surface area contributed by atoms with Gasteiger partial charge in [-0.25, -0.2) is 4.98 Å². The molecule has 0 amide bonds. The van der Waals surface area contributed by atoms with Gasteiger partial charge in [0.15, 0.2) is 15.9 Å². The fourth-order valence-electron chi connectivity index (χ4n) is 1.88. The monoisotopic (exact) mass is 238 g/mol. The van der Waals surface area contributed by atoms with E-state index in [2.05, 4.69) is 4.98 Å². The van der Waals surface area contributed by atoms with Gasteiger partial charge in [0.25, 0.3) is 5.56 Å². The van der Waals surface area contributed by atoms with E-state index < -0.39 is 0 Å². The van der Waals surface area contributed by atoms with Gasteiger partial charge in [0.2, 0.25) is 0 Å². The minimum absolute atomic E-state index is 0.0900. The fraction of sp³-hybridized carbons (Fsp3) is 0.500. The Balaban J connectivity index is 3.13. The summed E-state index contributed by atoms with van der Waals surface area (Å²) in [5, 5.41) is 0. The maximum absolute atomic E-state index is 12.1. The first-order valence-corrected chi connectivity index (χ1v) is 5.51. The summed E-state index contributed by atoms with van der Waals surface area (Å²) in [6, 6.07) is 0. The van der Waals surface area contributed by atoms with Crippen molar-refractivity contribution in [2.75, 3.05) is 0 Å². The van der Waals surface area contributed by atoms with Crippen LogP contribution >= 0.6 is 12.2 Å². The molecule has 0 atom stereocenters. The van der Waals surface area contributed by atoms with Gasteiger partial charge in [-0.2, -0.15) is 0 Å². The predicted molar refractivity (Wildman–Crippen MR) is 65.1 cm³/mol. The highest BCUT2D eigenvalue weighted by Gasteiger charge is 2.14. The van der Waals surface area contributed by atoms with Crippen molar-refractivity contribution < 1.29 is 0 Å². The number of rotatable bonds is 1. The zero-order chi connectivity index (χ0) is 12.0. The first-order valence-electron chi connectivity index (χ1n) is 5.10. The van der Waals surface area contributed by atoms with Crippen LogP contribution in [0.1, 0.15) is 12.7 Å². The van der Waals surface area contributed by atoms with Crippen LogP contribution in [0.15, 0.2) is 4.79 Å². The molecule has 0 unspecified atom stereocenters. The molecular weight excluding hydrogens is 224 g/mol. The summed E-state index contributed by atoms with van der Waals surface area (Å²) in [6.45, 7) is 2.01. The molecule has 0 aliphatic heterocycles. The molecule has 6 heteroatoms. The van der Waals surface area contributed by atoms with Crippen molar-refractivity contribution in [1.29, 1.82) is 0 Å². The Morgan fingerprint density at radius 3 is 2.38 bits per heavy atom. The van der Waals surface area contributed by atoms with Crippen molar-refractivity contribution in [2.45, 2.75) is 13.3 Å². The summed E-state index contributed by atoms with van der Waals surface area (Å²) in [5.74, 6) is 0.892. The smallest absolute Gasteiger partial charge is 0.280 e. The zero-order valence-electron chi connectivity index (χ0n) is 9.81. The highest BCUT2D eigenvalue weighted by molar-refractivity contribution is 7.71. The first-order chi connectivity index (χ1) is 7.49. The van der Waals surface area contributed by atoms with Crippen molar-refractivity contribution in [1.82, 2.24) is 18.7 Å². The quantitative estimate of drug-likeness (QED) is 0.693. The van der Waals surface area contributed by atoms with Crippen LogP contribution in [-0.2, 0) is 27.6 Å². The van der Waals surface area contributed by atoms with E-state index in [1.54, 1.807) is 11.6 Å². The van der Waals surface area contributed by atoms with Gasteiger partial charge in [0.05, 0.1) is 0 Å². The first kappa shape index (κ1) is 11.1. The Bertz CT molecular complexity index is 677. The summed E-state index contributed by atoms with van der Waals surface area (Å²) >= 11 is 5.17. The van der Waals surface area contributed by atoms with E-state index in [0.717, 1.165) is 12.2 Å². The Hall–Kier alpha value is -1.43. The fourth-order valence-corrected chi connectivity index (χ4v) is 2.05. The van der Waals surface area contributed by atoms with E-state index in [1.165, 1.54) is 4.57 Å². The summed E-state index contributed by atoms with van der Waals surface area (Å²) in [6.07, 6.45) is 0.793. The third-order valence-electron chi connectivity index (χ3n) is 2.88. The predicted octanol–water partition coefficient (Wildman–Crippen LogP) is 0.902. The molecule has 2 aromatic heterocycles. The van der Waals surface area contributed by atoms with Crippen LogP contribution < -0.4 is 5.56 Å². The number of imidazole rings is 1. The van der Waals surface area contributed by atoms with Crippen LogP contribution in [0.2, 0.25) is 0 Å². The zero-order valence-corrected chi connectivity index (χ0v) is 10.6. The Morgan fingerprint density at radius 2 is 1.81 bits per heavy atom. The van der Waals surface area contributed by atoms with E-state index in [1.807, 2.05) is 25.6 Å². The van der Waals surface area contributed by atoms with Gasteiger partial charge in [-0.3, -0.25) is 9.36 Å². The highest BCUT2D eigenvalue weighted by atomic mass is 32.1. The Kier molecular flexibility index (Phi) is 2.46. The SMILES string of the molecule is CCc1nc2c(c(=O)n(C)c(=S)n2C)n1C. The number of hydrogen-bond acceptors (Lipinski definition) is 3. The van der Waals surface area contributed by atoms with Gasteiger partial charge in [-0.15, -0.1) is 0 Å². The van der Waals surface area contributed by atoms with Crippen molar-refractivity contribution in [3.05, 3.63) is 20.9 Å². The largest absolute Gasteiger partial charge is 0.325 e. The van der Waals surface area contributed by atoms with Gasteiger partial charge in [0.1, 0.15) is 5.82 Å².